The summed E-state index contributed by atoms with van der Waals surface area (Å²) < 4.78 is 5.36. The summed E-state index contributed by atoms with van der Waals surface area (Å²) >= 11 is 0. The van der Waals surface area contributed by atoms with E-state index in [0.717, 1.165) is 22.3 Å². The average Bonchev–Trinajstić information content (AvgIpc) is 2.91. The van der Waals surface area contributed by atoms with Crippen LogP contribution in [-0.2, 0) is 9.63 Å². The number of hydrogen-bond acceptors (Lipinski definition) is 4. The lowest BCUT2D eigenvalue weighted by Crippen LogP contribution is -2.08. The maximum Gasteiger partial charge on any atom is 0.368 e. The Hall–Kier alpha value is -2.88. The highest BCUT2D eigenvalue weighted by Crippen LogP contribution is 2.28. The molecule has 0 N–H and O–H groups in total. The molecule has 23 heavy (non-hydrogen) atoms. The second-order valence-corrected chi connectivity index (χ2v) is 5.38. The Bertz CT molecular complexity index is 814. The molecule has 0 bridgehead atoms. The van der Waals surface area contributed by atoms with Gasteiger partial charge in [-0.15, -0.1) is 0 Å². The van der Waals surface area contributed by atoms with Gasteiger partial charge in [0.15, 0.2) is 0 Å². The molecule has 4 heteroatoms. The normalized spacial score (nSPS) is 15.5. The molecule has 116 valence electrons. The van der Waals surface area contributed by atoms with Crippen molar-refractivity contribution >= 4 is 17.8 Å². The number of hydrogen-bond donors (Lipinski definition) is 0. The van der Waals surface area contributed by atoms with Gasteiger partial charge in [0.05, 0.1) is 12.7 Å². The fourth-order valence-corrected chi connectivity index (χ4v) is 2.64. The molecule has 4 nitrogen and oxygen atoms in total. The summed E-state index contributed by atoms with van der Waals surface area (Å²) in [6.07, 6.45) is 1.84. The summed E-state index contributed by atoms with van der Waals surface area (Å²) in [5, 5.41) is 3.95. The van der Waals surface area contributed by atoms with Crippen LogP contribution >= 0.6 is 0 Å². The largest absolute Gasteiger partial charge is 0.496 e. The second kappa shape index (κ2) is 6.08. The van der Waals surface area contributed by atoms with E-state index in [0.29, 0.717) is 17.0 Å². The summed E-state index contributed by atoms with van der Waals surface area (Å²) in [6.45, 7) is 4.03. The van der Waals surface area contributed by atoms with Crippen molar-refractivity contribution in [2.75, 3.05) is 7.11 Å². The smallest absolute Gasteiger partial charge is 0.368 e. The highest BCUT2D eigenvalue weighted by Gasteiger charge is 2.29. The molecule has 2 aromatic rings. The lowest BCUT2D eigenvalue weighted by molar-refractivity contribution is -0.136. The number of carbonyl (C=O) groups excluding carboxylic acids is 1. The molecule has 1 aliphatic rings. The summed E-state index contributed by atoms with van der Waals surface area (Å²) in [6, 6.07) is 13.5. The van der Waals surface area contributed by atoms with Crippen LogP contribution in [0.4, 0.5) is 0 Å². The number of rotatable bonds is 3. The third kappa shape index (κ3) is 2.75. The van der Waals surface area contributed by atoms with Crippen LogP contribution in [0.15, 0.2) is 53.2 Å². The number of ether oxygens (including phenoxy) is 1. The van der Waals surface area contributed by atoms with Crippen molar-refractivity contribution in [1.29, 1.82) is 0 Å². The SMILES string of the molecule is COc1ccccc1C1=NOC(=O)/C1=C\c1c(C)cccc1C. The highest BCUT2D eigenvalue weighted by atomic mass is 16.7. The van der Waals surface area contributed by atoms with Crippen LogP contribution in [-0.4, -0.2) is 18.8 Å². The minimum atomic E-state index is -0.450. The van der Waals surface area contributed by atoms with Gasteiger partial charge in [0.25, 0.3) is 0 Å². The topological polar surface area (TPSA) is 47.9 Å². The average molecular weight is 307 g/mol. The van der Waals surface area contributed by atoms with Gasteiger partial charge in [0.1, 0.15) is 11.5 Å². The minimum Gasteiger partial charge on any atom is -0.496 e. The lowest BCUT2D eigenvalue weighted by atomic mass is 9.96. The molecule has 0 atom stereocenters. The van der Waals surface area contributed by atoms with Crippen molar-refractivity contribution in [2.24, 2.45) is 5.16 Å². The van der Waals surface area contributed by atoms with E-state index in [1.807, 2.05) is 62.4 Å². The van der Waals surface area contributed by atoms with Gasteiger partial charge in [0.2, 0.25) is 0 Å². The first-order valence-corrected chi connectivity index (χ1v) is 7.33. The van der Waals surface area contributed by atoms with Gasteiger partial charge in [-0.2, -0.15) is 0 Å². The zero-order chi connectivity index (χ0) is 16.4. The third-order valence-electron chi connectivity index (χ3n) is 3.89. The van der Waals surface area contributed by atoms with Crippen molar-refractivity contribution in [1.82, 2.24) is 0 Å². The van der Waals surface area contributed by atoms with E-state index >= 15 is 0 Å². The van der Waals surface area contributed by atoms with E-state index in [1.165, 1.54) is 0 Å². The molecule has 3 rings (SSSR count). The molecule has 0 saturated carbocycles. The predicted octanol–water partition coefficient (Wildman–Crippen LogP) is 3.66. The third-order valence-corrected chi connectivity index (χ3v) is 3.89. The van der Waals surface area contributed by atoms with Gasteiger partial charge in [-0.05, 0) is 48.7 Å². The molecule has 0 fully saturated rings. The van der Waals surface area contributed by atoms with Crippen LogP contribution in [0.25, 0.3) is 6.08 Å². The Morgan fingerprint density at radius 3 is 2.43 bits per heavy atom. The summed E-state index contributed by atoms with van der Waals surface area (Å²) in [7, 11) is 1.59. The zero-order valence-electron chi connectivity index (χ0n) is 13.3. The van der Waals surface area contributed by atoms with Gasteiger partial charge in [0, 0.05) is 5.56 Å². The second-order valence-electron chi connectivity index (χ2n) is 5.38. The number of aryl methyl sites for hydroxylation is 2. The van der Waals surface area contributed by atoms with Crippen LogP contribution in [0.1, 0.15) is 22.3 Å². The number of oxime groups is 1. The standard InChI is InChI=1S/C19H17NO3/c1-12-7-6-8-13(2)15(12)11-16-18(20-23-19(16)21)14-9-4-5-10-17(14)22-3/h4-11H,1-3H3/b16-11-. The first-order valence-electron chi connectivity index (χ1n) is 7.33. The van der Waals surface area contributed by atoms with Crippen LogP contribution in [0, 0.1) is 13.8 Å². The first kappa shape index (κ1) is 15.0. The monoisotopic (exact) mass is 307 g/mol. The summed E-state index contributed by atoms with van der Waals surface area (Å²) in [5.74, 6) is 0.200. The number of nitrogens with zero attached hydrogens (tertiary/aromatic N) is 1. The molecule has 0 aromatic heterocycles. The number of benzene rings is 2. The fraction of sp³-hybridized carbons (Fsp3) is 0.158. The Kier molecular flexibility index (Phi) is 3.98. The van der Waals surface area contributed by atoms with E-state index < -0.39 is 5.97 Å². The summed E-state index contributed by atoms with van der Waals surface area (Å²) in [4.78, 5) is 17.0. The quantitative estimate of drug-likeness (QED) is 0.642. The molecule has 2 aromatic carbocycles. The summed E-state index contributed by atoms with van der Waals surface area (Å²) in [5.41, 5.74) is 4.86. The van der Waals surface area contributed by atoms with Crippen molar-refractivity contribution in [3.63, 3.8) is 0 Å². The van der Waals surface area contributed by atoms with Crippen LogP contribution in [0.5, 0.6) is 5.75 Å². The Morgan fingerprint density at radius 1 is 1.04 bits per heavy atom. The van der Waals surface area contributed by atoms with E-state index in [9.17, 15) is 4.79 Å². The van der Waals surface area contributed by atoms with Crippen molar-refractivity contribution in [3.8, 4) is 5.75 Å². The van der Waals surface area contributed by atoms with Gasteiger partial charge in [-0.1, -0.05) is 35.5 Å². The number of carbonyl (C=O) groups is 1. The molecule has 1 heterocycles. The van der Waals surface area contributed by atoms with Crippen LogP contribution < -0.4 is 4.74 Å². The fourth-order valence-electron chi connectivity index (χ4n) is 2.64. The van der Waals surface area contributed by atoms with Gasteiger partial charge < -0.3 is 9.57 Å². The lowest BCUT2D eigenvalue weighted by Gasteiger charge is -2.09. The maximum absolute atomic E-state index is 12.1. The molecule has 0 saturated heterocycles. The minimum absolute atomic E-state index is 0.437. The maximum atomic E-state index is 12.1. The molecule has 0 aliphatic carbocycles. The van der Waals surface area contributed by atoms with Crippen LogP contribution in [0.2, 0.25) is 0 Å². The molecule has 0 unspecified atom stereocenters. The molecule has 1 aliphatic heterocycles. The number of methoxy groups -OCH3 is 1. The van der Waals surface area contributed by atoms with E-state index in [4.69, 9.17) is 9.57 Å². The predicted molar refractivity (Wildman–Crippen MR) is 89.5 cm³/mol. The van der Waals surface area contributed by atoms with Crippen molar-refractivity contribution < 1.29 is 14.4 Å². The molecular weight excluding hydrogens is 290 g/mol. The van der Waals surface area contributed by atoms with Gasteiger partial charge in [-0.25, -0.2) is 4.79 Å². The Balaban J connectivity index is 2.12. The molecule has 0 amide bonds. The number of para-hydroxylation sites is 1. The van der Waals surface area contributed by atoms with E-state index in [1.54, 1.807) is 7.11 Å². The highest BCUT2D eigenvalue weighted by molar-refractivity contribution is 6.32. The van der Waals surface area contributed by atoms with Gasteiger partial charge >= 0.3 is 5.97 Å². The van der Waals surface area contributed by atoms with Crippen molar-refractivity contribution in [3.05, 3.63) is 70.3 Å². The van der Waals surface area contributed by atoms with E-state index in [-0.39, 0.29) is 0 Å². The zero-order valence-corrected chi connectivity index (χ0v) is 13.3. The molecular formula is C19H17NO3. The van der Waals surface area contributed by atoms with E-state index in [2.05, 4.69) is 5.16 Å². The first-order chi connectivity index (χ1) is 11.1. The molecule has 0 radical (unpaired) electrons. The van der Waals surface area contributed by atoms with Crippen molar-refractivity contribution in [2.45, 2.75) is 13.8 Å². The molecule has 0 spiro atoms. The van der Waals surface area contributed by atoms with Gasteiger partial charge in [-0.3, -0.25) is 0 Å². The Labute approximate surface area is 135 Å². The van der Waals surface area contributed by atoms with Crippen LogP contribution in [0.3, 0.4) is 0 Å². The Morgan fingerprint density at radius 2 is 1.74 bits per heavy atom.